The zero-order chi connectivity index (χ0) is 5.86. The molecule has 0 aromatic heterocycles. The fourth-order valence-corrected chi connectivity index (χ4v) is 0.201. The summed E-state index contributed by atoms with van der Waals surface area (Å²) in [5.74, 6) is -0.428. The highest BCUT2D eigenvalue weighted by atomic mass is 16.1. The van der Waals surface area contributed by atoms with E-state index >= 15 is 0 Å². The van der Waals surface area contributed by atoms with Gasteiger partial charge in [0.2, 0.25) is 5.91 Å². The number of rotatable bonds is 2. The number of amides is 1. The summed E-state index contributed by atoms with van der Waals surface area (Å²) < 4.78 is 0. The molecule has 1 amide bonds. The van der Waals surface area contributed by atoms with Gasteiger partial charge in [0.05, 0.1) is 6.04 Å². The summed E-state index contributed by atoms with van der Waals surface area (Å²) in [7, 11) is 0. The third-order valence-electron chi connectivity index (χ3n) is 0.805. The fraction of sp³-hybridized carbons (Fsp3) is 0.750. The Labute approximate surface area is 42.7 Å². The highest BCUT2D eigenvalue weighted by Gasteiger charge is 2.02. The van der Waals surface area contributed by atoms with Gasteiger partial charge in [0.25, 0.3) is 0 Å². The Kier molecular flexibility index (Phi) is 2.37. The van der Waals surface area contributed by atoms with Gasteiger partial charge in [-0.25, -0.2) is 0 Å². The molecule has 0 fully saturated rings. The molecule has 4 N–H and O–H groups in total. The van der Waals surface area contributed by atoms with Crippen LogP contribution < -0.4 is 11.5 Å². The van der Waals surface area contributed by atoms with Crippen molar-refractivity contribution in [2.24, 2.45) is 11.5 Å². The van der Waals surface area contributed by atoms with Crippen molar-refractivity contribution in [3.63, 3.8) is 0 Å². The van der Waals surface area contributed by atoms with Crippen molar-refractivity contribution in [3.8, 4) is 0 Å². The van der Waals surface area contributed by atoms with Crippen LogP contribution in [0.5, 0.6) is 0 Å². The largest absolute Gasteiger partial charge is 0.368 e. The summed E-state index contributed by atoms with van der Waals surface area (Å²) >= 11 is 0. The topological polar surface area (TPSA) is 69.1 Å². The Morgan fingerprint density at radius 3 is 2.29 bits per heavy atom. The van der Waals surface area contributed by atoms with Crippen molar-refractivity contribution in [1.29, 1.82) is 0 Å². The number of carbonyl (C=O) groups excluding carboxylic acids is 1. The van der Waals surface area contributed by atoms with Crippen molar-refractivity contribution in [2.45, 2.75) is 19.4 Å². The average molecular weight is 102 g/mol. The molecular formula is C4H10N2O. The lowest BCUT2D eigenvalue weighted by molar-refractivity contribution is -0.119. The lowest BCUT2D eigenvalue weighted by Crippen LogP contribution is -2.35. The van der Waals surface area contributed by atoms with Crippen molar-refractivity contribution < 1.29 is 4.79 Å². The van der Waals surface area contributed by atoms with Gasteiger partial charge in [0.15, 0.2) is 0 Å². The van der Waals surface area contributed by atoms with E-state index in [1.165, 1.54) is 0 Å². The molecule has 0 aliphatic heterocycles. The van der Waals surface area contributed by atoms with Gasteiger partial charge >= 0.3 is 0 Å². The van der Waals surface area contributed by atoms with Crippen LogP contribution in [0.25, 0.3) is 0 Å². The molecule has 0 heterocycles. The van der Waals surface area contributed by atoms with Gasteiger partial charge < -0.3 is 11.5 Å². The third kappa shape index (κ3) is 2.17. The molecule has 0 aliphatic carbocycles. The lowest BCUT2D eigenvalue weighted by Gasteiger charge is -1.98. The monoisotopic (exact) mass is 102 g/mol. The van der Waals surface area contributed by atoms with E-state index in [0.717, 1.165) is 0 Å². The standard InChI is InChI=1S/C4H10N2O/c1-2-3(5)4(6)7/h3H,2,5H2,1H3,(H2,6,7). The van der Waals surface area contributed by atoms with Crippen LogP contribution in [0.2, 0.25) is 0 Å². The first-order valence-electron chi connectivity index (χ1n) is 2.23. The Hall–Kier alpha value is -0.570. The molecule has 0 rings (SSSR count). The van der Waals surface area contributed by atoms with Gasteiger partial charge in [0, 0.05) is 0 Å². The number of hydrogen-bond donors (Lipinski definition) is 2. The second kappa shape index (κ2) is 2.58. The first-order chi connectivity index (χ1) is 3.18. The second-order valence-electron chi connectivity index (χ2n) is 1.42. The first kappa shape index (κ1) is 6.43. The van der Waals surface area contributed by atoms with Crippen molar-refractivity contribution >= 4 is 5.91 Å². The molecule has 0 radical (unpaired) electrons. The molecule has 0 saturated heterocycles. The van der Waals surface area contributed by atoms with E-state index in [4.69, 9.17) is 11.5 Å². The smallest absolute Gasteiger partial charge is 0.234 e. The maximum Gasteiger partial charge on any atom is 0.234 e. The highest BCUT2D eigenvalue weighted by molar-refractivity contribution is 5.79. The maximum absolute atomic E-state index is 10.0. The van der Waals surface area contributed by atoms with Gasteiger partial charge in [-0.2, -0.15) is 0 Å². The Morgan fingerprint density at radius 2 is 2.29 bits per heavy atom. The third-order valence-corrected chi connectivity index (χ3v) is 0.805. The molecule has 3 nitrogen and oxygen atoms in total. The van der Waals surface area contributed by atoms with Crippen LogP contribution in [-0.4, -0.2) is 11.9 Å². The van der Waals surface area contributed by atoms with Crippen molar-refractivity contribution in [1.82, 2.24) is 0 Å². The van der Waals surface area contributed by atoms with E-state index in [2.05, 4.69) is 0 Å². The molecule has 0 spiro atoms. The molecule has 42 valence electrons. The Morgan fingerprint density at radius 1 is 1.86 bits per heavy atom. The van der Waals surface area contributed by atoms with E-state index in [-0.39, 0.29) is 0 Å². The zero-order valence-corrected chi connectivity index (χ0v) is 4.35. The van der Waals surface area contributed by atoms with Crippen LogP contribution in [0.15, 0.2) is 0 Å². The summed E-state index contributed by atoms with van der Waals surface area (Å²) in [5.41, 5.74) is 9.92. The van der Waals surface area contributed by atoms with Gasteiger partial charge in [0.1, 0.15) is 0 Å². The molecule has 1 unspecified atom stereocenters. The van der Waals surface area contributed by atoms with Crippen LogP contribution >= 0.6 is 0 Å². The van der Waals surface area contributed by atoms with Crippen molar-refractivity contribution in [2.75, 3.05) is 0 Å². The highest BCUT2D eigenvalue weighted by Crippen LogP contribution is 1.80. The predicted octanol–water partition coefficient (Wildman–Crippen LogP) is -0.791. The summed E-state index contributed by atoms with van der Waals surface area (Å²) in [6.07, 6.45) is 0.620. The molecule has 0 saturated carbocycles. The molecule has 0 aromatic carbocycles. The fourth-order valence-electron chi connectivity index (χ4n) is 0.201. The summed E-state index contributed by atoms with van der Waals surface area (Å²) in [6, 6.07) is -0.458. The molecule has 0 aromatic rings. The Bertz CT molecular complexity index is 72.1. The Balaban J connectivity index is 3.34. The summed E-state index contributed by atoms with van der Waals surface area (Å²) in [4.78, 5) is 10.0. The van der Waals surface area contributed by atoms with E-state index in [9.17, 15) is 4.79 Å². The van der Waals surface area contributed by atoms with Gasteiger partial charge in [-0.15, -0.1) is 0 Å². The van der Waals surface area contributed by atoms with E-state index in [0.29, 0.717) is 6.42 Å². The first-order valence-corrected chi connectivity index (χ1v) is 2.23. The van der Waals surface area contributed by atoms with Gasteiger partial charge in [-0.05, 0) is 6.42 Å². The number of hydrogen-bond acceptors (Lipinski definition) is 2. The molecule has 0 bridgehead atoms. The van der Waals surface area contributed by atoms with Crippen molar-refractivity contribution in [3.05, 3.63) is 0 Å². The van der Waals surface area contributed by atoms with E-state index in [1.54, 1.807) is 0 Å². The number of primary amides is 1. The molecule has 0 aliphatic rings. The SMILES string of the molecule is CCC(N)C(N)=O. The number of carbonyl (C=O) groups is 1. The molecular weight excluding hydrogens is 92.1 g/mol. The lowest BCUT2D eigenvalue weighted by atomic mass is 10.2. The average Bonchev–Trinajstić information content (AvgIpc) is 1.65. The second-order valence-corrected chi connectivity index (χ2v) is 1.42. The van der Waals surface area contributed by atoms with Crippen LogP contribution in [0.1, 0.15) is 13.3 Å². The van der Waals surface area contributed by atoms with Crippen LogP contribution in [0.3, 0.4) is 0 Å². The minimum absolute atomic E-state index is 0.428. The molecule has 1 atom stereocenters. The van der Waals surface area contributed by atoms with Crippen LogP contribution in [0.4, 0.5) is 0 Å². The van der Waals surface area contributed by atoms with Gasteiger partial charge in [-0.3, -0.25) is 4.79 Å². The molecule has 7 heavy (non-hydrogen) atoms. The zero-order valence-electron chi connectivity index (χ0n) is 4.35. The molecule has 3 heteroatoms. The van der Waals surface area contributed by atoms with E-state index in [1.807, 2.05) is 6.92 Å². The van der Waals surface area contributed by atoms with Crippen LogP contribution in [-0.2, 0) is 4.79 Å². The minimum Gasteiger partial charge on any atom is -0.368 e. The van der Waals surface area contributed by atoms with E-state index < -0.39 is 11.9 Å². The normalized spacial score (nSPS) is 13.4. The summed E-state index contributed by atoms with van der Waals surface area (Å²) in [5, 5.41) is 0. The predicted molar refractivity (Wildman–Crippen MR) is 27.5 cm³/mol. The maximum atomic E-state index is 10.0. The van der Waals surface area contributed by atoms with Crippen LogP contribution in [0, 0.1) is 0 Å². The summed E-state index contributed by atoms with van der Waals surface area (Å²) in [6.45, 7) is 1.81. The van der Waals surface area contributed by atoms with Gasteiger partial charge in [-0.1, -0.05) is 6.92 Å². The number of nitrogens with two attached hydrogens (primary N) is 2. The minimum atomic E-state index is -0.458. The quantitative estimate of drug-likeness (QED) is 0.479.